The van der Waals surface area contributed by atoms with Gasteiger partial charge < -0.3 is 19.3 Å². The summed E-state index contributed by atoms with van der Waals surface area (Å²) in [7, 11) is -3.33. The van der Waals surface area contributed by atoms with Crippen molar-refractivity contribution in [2.24, 2.45) is 0 Å². The Balaban J connectivity index is 1.33. The van der Waals surface area contributed by atoms with Gasteiger partial charge in [-0.25, -0.2) is 8.42 Å². The van der Waals surface area contributed by atoms with Gasteiger partial charge in [0.15, 0.2) is 21.3 Å². The van der Waals surface area contributed by atoms with Crippen LogP contribution in [0.3, 0.4) is 0 Å². The van der Waals surface area contributed by atoms with E-state index < -0.39 is 15.9 Å². The van der Waals surface area contributed by atoms with E-state index in [1.807, 2.05) is 17.0 Å². The van der Waals surface area contributed by atoms with Gasteiger partial charge in [-0.15, -0.1) is 0 Å². The number of sulfone groups is 1. The van der Waals surface area contributed by atoms with Crippen molar-refractivity contribution in [3.63, 3.8) is 0 Å². The van der Waals surface area contributed by atoms with Gasteiger partial charge in [0.2, 0.25) is 5.75 Å². The third kappa shape index (κ3) is 4.66. The number of benzene rings is 2. The normalized spacial score (nSPS) is 22.2. The summed E-state index contributed by atoms with van der Waals surface area (Å²) in [6.07, 6.45) is -0.505. The van der Waals surface area contributed by atoms with Crippen molar-refractivity contribution in [1.82, 2.24) is 4.90 Å². The molecule has 0 unspecified atom stereocenters. The SMILES string of the molecule is O=S(=O)(CCN1CC[C@@H](Oc2cccc3c2OCCO3)[C@H](O)C1)c1ccccc1. The molecule has 2 aliphatic rings. The molecule has 0 spiro atoms. The van der Waals surface area contributed by atoms with E-state index in [0.29, 0.717) is 61.4 Å². The molecule has 0 amide bonds. The van der Waals surface area contributed by atoms with Crippen LogP contribution < -0.4 is 14.2 Å². The summed E-state index contributed by atoms with van der Waals surface area (Å²) in [6.45, 7) is 2.35. The average Bonchev–Trinajstić information content (AvgIpc) is 2.75. The topological polar surface area (TPSA) is 85.3 Å². The molecule has 2 aromatic rings. The van der Waals surface area contributed by atoms with Gasteiger partial charge in [-0.2, -0.15) is 0 Å². The molecule has 4 rings (SSSR count). The van der Waals surface area contributed by atoms with Gasteiger partial charge in [0.1, 0.15) is 25.4 Å². The molecule has 1 saturated heterocycles. The summed E-state index contributed by atoms with van der Waals surface area (Å²) in [5.41, 5.74) is 0. The second-order valence-electron chi connectivity index (χ2n) is 7.23. The molecule has 2 aromatic carbocycles. The monoisotopic (exact) mass is 419 g/mol. The lowest BCUT2D eigenvalue weighted by Crippen LogP contribution is -2.50. The maximum atomic E-state index is 12.5. The number of ether oxygens (including phenoxy) is 3. The van der Waals surface area contributed by atoms with Crippen LogP contribution in [-0.2, 0) is 9.84 Å². The highest BCUT2D eigenvalue weighted by atomic mass is 32.2. The van der Waals surface area contributed by atoms with E-state index in [1.165, 1.54) is 0 Å². The Labute approximate surface area is 170 Å². The van der Waals surface area contributed by atoms with Crippen molar-refractivity contribution >= 4 is 9.84 Å². The van der Waals surface area contributed by atoms with Crippen LogP contribution >= 0.6 is 0 Å². The first-order chi connectivity index (χ1) is 14.0. The van der Waals surface area contributed by atoms with Gasteiger partial charge in [-0.05, 0) is 30.7 Å². The maximum absolute atomic E-state index is 12.5. The average molecular weight is 419 g/mol. The van der Waals surface area contributed by atoms with Crippen molar-refractivity contribution in [1.29, 1.82) is 0 Å². The van der Waals surface area contributed by atoms with Crippen LogP contribution in [0.2, 0.25) is 0 Å². The molecule has 8 heteroatoms. The standard InChI is InChI=1S/C21H25NO6S/c23-17-15-22(11-14-29(24,25)16-5-2-1-3-6-16)10-9-18(17)28-20-8-4-7-19-21(20)27-13-12-26-19/h1-8,17-18,23H,9-15H2/t17-,18-/m1/s1. The molecule has 7 nitrogen and oxygen atoms in total. The fraction of sp³-hybridized carbons (Fsp3) is 0.429. The lowest BCUT2D eigenvalue weighted by molar-refractivity contribution is -0.0252. The molecular formula is C21H25NO6S. The number of aliphatic hydroxyl groups excluding tert-OH is 1. The molecule has 2 heterocycles. The van der Waals surface area contributed by atoms with Crippen LogP contribution in [0.5, 0.6) is 17.2 Å². The van der Waals surface area contributed by atoms with Crippen LogP contribution in [0, 0.1) is 0 Å². The number of nitrogens with zero attached hydrogens (tertiary/aromatic N) is 1. The van der Waals surface area contributed by atoms with E-state index in [0.717, 1.165) is 0 Å². The summed E-state index contributed by atoms with van der Waals surface area (Å²) in [4.78, 5) is 2.29. The van der Waals surface area contributed by atoms with E-state index in [1.54, 1.807) is 36.4 Å². The number of hydrogen-bond donors (Lipinski definition) is 1. The van der Waals surface area contributed by atoms with E-state index in [-0.39, 0.29) is 11.9 Å². The zero-order chi connectivity index (χ0) is 20.3. The molecule has 0 radical (unpaired) electrons. The quantitative estimate of drug-likeness (QED) is 0.763. The fourth-order valence-corrected chi connectivity index (χ4v) is 4.92. The van der Waals surface area contributed by atoms with Crippen molar-refractivity contribution in [3.8, 4) is 17.2 Å². The van der Waals surface area contributed by atoms with Gasteiger partial charge in [0.25, 0.3) is 0 Å². The number of piperidine rings is 1. The number of para-hydroxylation sites is 1. The summed E-state index contributed by atoms with van der Waals surface area (Å²) >= 11 is 0. The predicted octanol–water partition coefficient (Wildman–Crippen LogP) is 1.75. The molecule has 2 aliphatic heterocycles. The predicted molar refractivity (Wildman–Crippen MR) is 107 cm³/mol. The maximum Gasteiger partial charge on any atom is 0.203 e. The third-order valence-electron chi connectivity index (χ3n) is 5.19. The second-order valence-corrected chi connectivity index (χ2v) is 9.33. The molecule has 29 heavy (non-hydrogen) atoms. The van der Waals surface area contributed by atoms with E-state index in [9.17, 15) is 13.5 Å². The molecule has 2 atom stereocenters. The second kappa shape index (κ2) is 8.61. The molecular weight excluding hydrogens is 394 g/mol. The number of likely N-dealkylation sites (tertiary alicyclic amines) is 1. The van der Waals surface area contributed by atoms with Gasteiger partial charge >= 0.3 is 0 Å². The van der Waals surface area contributed by atoms with Crippen LogP contribution in [0.25, 0.3) is 0 Å². The number of rotatable bonds is 6. The number of β-amino-alcohol motifs (C(OH)–C–C–N with tert-alkyl or cyclic N) is 1. The van der Waals surface area contributed by atoms with Crippen molar-refractivity contribution in [2.75, 3.05) is 38.6 Å². The Kier molecular flexibility index (Phi) is 5.94. The van der Waals surface area contributed by atoms with Crippen molar-refractivity contribution in [2.45, 2.75) is 23.5 Å². The van der Waals surface area contributed by atoms with Gasteiger partial charge in [-0.1, -0.05) is 24.3 Å². The Morgan fingerprint density at radius 1 is 1.07 bits per heavy atom. The molecule has 0 aliphatic carbocycles. The highest BCUT2D eigenvalue weighted by Crippen LogP contribution is 2.40. The van der Waals surface area contributed by atoms with Crippen molar-refractivity contribution in [3.05, 3.63) is 48.5 Å². The molecule has 1 N–H and O–H groups in total. The summed E-state index contributed by atoms with van der Waals surface area (Å²) < 4.78 is 42.2. The zero-order valence-corrected chi connectivity index (χ0v) is 16.9. The summed E-state index contributed by atoms with van der Waals surface area (Å²) in [6, 6.07) is 13.9. The number of aliphatic hydroxyl groups is 1. The first-order valence-corrected chi connectivity index (χ1v) is 11.4. The molecule has 0 bridgehead atoms. The van der Waals surface area contributed by atoms with Crippen LogP contribution in [0.4, 0.5) is 0 Å². The van der Waals surface area contributed by atoms with Gasteiger partial charge in [-0.3, -0.25) is 4.90 Å². The van der Waals surface area contributed by atoms with Crippen LogP contribution in [0.1, 0.15) is 6.42 Å². The first-order valence-electron chi connectivity index (χ1n) is 9.76. The van der Waals surface area contributed by atoms with E-state index in [4.69, 9.17) is 14.2 Å². The minimum atomic E-state index is -3.33. The van der Waals surface area contributed by atoms with E-state index in [2.05, 4.69) is 0 Å². The highest BCUT2D eigenvalue weighted by molar-refractivity contribution is 7.91. The zero-order valence-electron chi connectivity index (χ0n) is 16.1. The number of fused-ring (bicyclic) bond motifs is 1. The smallest absolute Gasteiger partial charge is 0.203 e. The third-order valence-corrected chi connectivity index (χ3v) is 6.90. The highest BCUT2D eigenvalue weighted by Gasteiger charge is 2.31. The van der Waals surface area contributed by atoms with Crippen LogP contribution in [0.15, 0.2) is 53.4 Å². The molecule has 0 saturated carbocycles. The fourth-order valence-electron chi connectivity index (χ4n) is 3.61. The minimum absolute atomic E-state index is 0.0205. The first kappa shape index (κ1) is 20.0. The Bertz CT molecular complexity index is 933. The lowest BCUT2D eigenvalue weighted by atomic mass is 10.0. The number of hydrogen-bond acceptors (Lipinski definition) is 7. The largest absolute Gasteiger partial charge is 0.486 e. The molecule has 1 fully saturated rings. The Hall–Kier alpha value is -2.29. The molecule has 156 valence electrons. The summed E-state index contributed by atoms with van der Waals surface area (Å²) in [5.74, 6) is 1.80. The van der Waals surface area contributed by atoms with Crippen LogP contribution in [-0.4, -0.2) is 69.2 Å². The minimum Gasteiger partial charge on any atom is -0.486 e. The van der Waals surface area contributed by atoms with Gasteiger partial charge in [0, 0.05) is 19.6 Å². The Morgan fingerprint density at radius 2 is 1.86 bits per heavy atom. The molecule has 0 aromatic heterocycles. The Morgan fingerprint density at radius 3 is 2.66 bits per heavy atom. The summed E-state index contributed by atoms with van der Waals surface area (Å²) in [5, 5.41) is 10.6. The van der Waals surface area contributed by atoms with Crippen molar-refractivity contribution < 1.29 is 27.7 Å². The van der Waals surface area contributed by atoms with Gasteiger partial charge in [0.05, 0.1) is 10.6 Å². The van der Waals surface area contributed by atoms with E-state index >= 15 is 0 Å². The lowest BCUT2D eigenvalue weighted by Gasteiger charge is -2.36.